The highest BCUT2D eigenvalue weighted by Crippen LogP contribution is 2.00. The van der Waals surface area contributed by atoms with E-state index in [1.165, 1.54) is 12.2 Å². The maximum Gasteiger partial charge on any atom is 0.105 e. The van der Waals surface area contributed by atoms with Crippen LogP contribution in [0.1, 0.15) is 19.2 Å². The fourth-order valence-corrected chi connectivity index (χ4v) is 2.06. The number of nitrogens with zero attached hydrogens (tertiary/aromatic N) is 2. The van der Waals surface area contributed by atoms with Crippen molar-refractivity contribution in [1.29, 1.82) is 0 Å². The molecule has 1 atom stereocenters. The second-order valence-corrected chi connectivity index (χ2v) is 4.79. The van der Waals surface area contributed by atoms with Crippen molar-refractivity contribution in [2.75, 3.05) is 18.6 Å². The van der Waals surface area contributed by atoms with Gasteiger partial charge < -0.3 is 9.88 Å². The van der Waals surface area contributed by atoms with Crippen LogP contribution in [-0.2, 0) is 6.54 Å². The standard InChI is InChI=1S/C11H21N3S/c1-10(4-9-15-3)12-5-7-14-8-6-13-11(14)2/h6,8,10,12H,4-5,7,9H2,1-3H3. The molecule has 0 saturated carbocycles. The van der Waals surface area contributed by atoms with E-state index in [0.29, 0.717) is 6.04 Å². The minimum atomic E-state index is 0.612. The molecule has 1 aromatic rings. The lowest BCUT2D eigenvalue weighted by Crippen LogP contribution is -2.29. The summed E-state index contributed by atoms with van der Waals surface area (Å²) in [5, 5.41) is 3.52. The average Bonchev–Trinajstić information content (AvgIpc) is 2.61. The summed E-state index contributed by atoms with van der Waals surface area (Å²) < 4.78 is 2.17. The van der Waals surface area contributed by atoms with Gasteiger partial charge in [0, 0.05) is 31.5 Å². The van der Waals surface area contributed by atoms with Gasteiger partial charge in [-0.2, -0.15) is 11.8 Å². The van der Waals surface area contributed by atoms with E-state index < -0.39 is 0 Å². The van der Waals surface area contributed by atoms with Gasteiger partial charge in [0.1, 0.15) is 5.82 Å². The van der Waals surface area contributed by atoms with Crippen molar-refractivity contribution in [3.63, 3.8) is 0 Å². The molecular formula is C11H21N3S. The molecule has 15 heavy (non-hydrogen) atoms. The fraction of sp³-hybridized carbons (Fsp3) is 0.727. The van der Waals surface area contributed by atoms with E-state index in [9.17, 15) is 0 Å². The van der Waals surface area contributed by atoms with Crippen molar-refractivity contribution < 1.29 is 0 Å². The van der Waals surface area contributed by atoms with Gasteiger partial charge in [0.25, 0.3) is 0 Å². The molecule has 1 rings (SSSR count). The lowest BCUT2D eigenvalue weighted by Gasteiger charge is -2.13. The SMILES string of the molecule is CSCCC(C)NCCn1ccnc1C. The molecule has 86 valence electrons. The molecule has 0 fully saturated rings. The van der Waals surface area contributed by atoms with Gasteiger partial charge >= 0.3 is 0 Å². The van der Waals surface area contributed by atoms with Gasteiger partial charge in [-0.15, -0.1) is 0 Å². The minimum Gasteiger partial charge on any atom is -0.334 e. The zero-order valence-corrected chi connectivity index (χ0v) is 10.7. The summed E-state index contributed by atoms with van der Waals surface area (Å²) in [5.74, 6) is 2.33. The van der Waals surface area contributed by atoms with Crippen molar-refractivity contribution in [3.8, 4) is 0 Å². The molecule has 0 bridgehead atoms. The number of hydrogen-bond donors (Lipinski definition) is 1. The van der Waals surface area contributed by atoms with Gasteiger partial charge in [-0.1, -0.05) is 0 Å². The normalized spacial score (nSPS) is 13.0. The average molecular weight is 227 g/mol. The maximum absolute atomic E-state index is 4.20. The second-order valence-electron chi connectivity index (χ2n) is 3.80. The van der Waals surface area contributed by atoms with Crippen LogP contribution in [0.4, 0.5) is 0 Å². The van der Waals surface area contributed by atoms with Crippen LogP contribution >= 0.6 is 11.8 Å². The van der Waals surface area contributed by atoms with Crippen LogP contribution in [0.2, 0.25) is 0 Å². The van der Waals surface area contributed by atoms with Crippen LogP contribution < -0.4 is 5.32 Å². The molecule has 4 heteroatoms. The first kappa shape index (κ1) is 12.6. The summed E-state index contributed by atoms with van der Waals surface area (Å²) in [6, 6.07) is 0.612. The molecule has 1 N–H and O–H groups in total. The van der Waals surface area contributed by atoms with Crippen molar-refractivity contribution in [1.82, 2.24) is 14.9 Å². The van der Waals surface area contributed by atoms with Gasteiger partial charge in [-0.25, -0.2) is 4.98 Å². The predicted molar refractivity (Wildman–Crippen MR) is 67.4 cm³/mol. The zero-order chi connectivity index (χ0) is 11.1. The Kier molecular flexibility index (Phi) is 5.79. The number of imidazole rings is 1. The Hall–Kier alpha value is -0.480. The number of aryl methyl sites for hydroxylation is 1. The Morgan fingerprint density at radius 1 is 1.60 bits per heavy atom. The van der Waals surface area contributed by atoms with Crippen LogP contribution in [-0.4, -0.2) is 34.1 Å². The lowest BCUT2D eigenvalue weighted by molar-refractivity contribution is 0.503. The first-order chi connectivity index (χ1) is 7.24. The van der Waals surface area contributed by atoms with Crippen LogP contribution in [0.25, 0.3) is 0 Å². The lowest BCUT2D eigenvalue weighted by atomic mass is 10.2. The maximum atomic E-state index is 4.20. The summed E-state index contributed by atoms with van der Waals surface area (Å²) in [6.07, 6.45) is 7.28. The third-order valence-electron chi connectivity index (χ3n) is 2.52. The third kappa shape index (κ3) is 4.71. The van der Waals surface area contributed by atoms with E-state index in [1.54, 1.807) is 0 Å². The van der Waals surface area contributed by atoms with Gasteiger partial charge in [0.05, 0.1) is 0 Å². The Bertz CT molecular complexity index is 273. The number of aromatic nitrogens is 2. The summed E-state index contributed by atoms with van der Waals surface area (Å²) in [5.41, 5.74) is 0. The molecule has 3 nitrogen and oxygen atoms in total. The highest BCUT2D eigenvalue weighted by atomic mass is 32.2. The second kappa shape index (κ2) is 6.90. The van der Waals surface area contributed by atoms with Crippen molar-refractivity contribution in [2.24, 2.45) is 0 Å². The molecule has 1 aromatic heterocycles. The van der Waals surface area contributed by atoms with Crippen LogP contribution in [0.5, 0.6) is 0 Å². The Morgan fingerprint density at radius 3 is 3.00 bits per heavy atom. The molecule has 0 spiro atoms. The van der Waals surface area contributed by atoms with E-state index in [0.717, 1.165) is 18.9 Å². The summed E-state index contributed by atoms with van der Waals surface area (Å²) in [4.78, 5) is 4.20. The van der Waals surface area contributed by atoms with E-state index in [2.05, 4.69) is 28.0 Å². The monoisotopic (exact) mass is 227 g/mol. The topological polar surface area (TPSA) is 29.9 Å². The Morgan fingerprint density at radius 2 is 2.40 bits per heavy atom. The molecule has 0 amide bonds. The van der Waals surface area contributed by atoms with Gasteiger partial charge in [-0.3, -0.25) is 0 Å². The fourth-order valence-electron chi connectivity index (χ4n) is 1.47. The smallest absolute Gasteiger partial charge is 0.105 e. The third-order valence-corrected chi connectivity index (χ3v) is 3.17. The number of rotatable bonds is 7. The van der Waals surface area contributed by atoms with Crippen LogP contribution in [0, 0.1) is 6.92 Å². The Labute approximate surface area is 96.7 Å². The first-order valence-electron chi connectivity index (χ1n) is 5.44. The van der Waals surface area contributed by atoms with Crippen LogP contribution in [0.3, 0.4) is 0 Å². The van der Waals surface area contributed by atoms with E-state index in [4.69, 9.17) is 0 Å². The molecule has 0 aliphatic rings. The molecule has 0 aliphatic heterocycles. The summed E-state index contributed by atoms with van der Waals surface area (Å²) >= 11 is 1.91. The van der Waals surface area contributed by atoms with Crippen LogP contribution in [0.15, 0.2) is 12.4 Å². The zero-order valence-electron chi connectivity index (χ0n) is 9.86. The quantitative estimate of drug-likeness (QED) is 0.772. The number of hydrogen-bond acceptors (Lipinski definition) is 3. The number of nitrogens with one attached hydrogen (secondary N) is 1. The van der Waals surface area contributed by atoms with Crippen molar-refractivity contribution >= 4 is 11.8 Å². The molecule has 0 aliphatic carbocycles. The minimum absolute atomic E-state index is 0.612. The summed E-state index contributed by atoms with van der Waals surface area (Å²) in [7, 11) is 0. The summed E-state index contributed by atoms with van der Waals surface area (Å²) in [6.45, 7) is 6.32. The first-order valence-corrected chi connectivity index (χ1v) is 6.83. The molecule has 1 heterocycles. The van der Waals surface area contributed by atoms with E-state index in [-0.39, 0.29) is 0 Å². The predicted octanol–water partition coefficient (Wildman–Crippen LogP) is 1.92. The van der Waals surface area contributed by atoms with Crippen molar-refractivity contribution in [3.05, 3.63) is 18.2 Å². The van der Waals surface area contributed by atoms with Gasteiger partial charge in [-0.05, 0) is 32.3 Å². The van der Waals surface area contributed by atoms with Crippen molar-refractivity contribution in [2.45, 2.75) is 32.9 Å². The van der Waals surface area contributed by atoms with Gasteiger partial charge in [0.2, 0.25) is 0 Å². The largest absolute Gasteiger partial charge is 0.334 e. The molecule has 0 saturated heterocycles. The number of thioether (sulfide) groups is 1. The molecule has 0 radical (unpaired) electrons. The highest BCUT2D eigenvalue weighted by molar-refractivity contribution is 7.98. The molecule has 1 unspecified atom stereocenters. The van der Waals surface area contributed by atoms with E-state index >= 15 is 0 Å². The molecule has 0 aromatic carbocycles. The Balaban J connectivity index is 2.13. The highest BCUT2D eigenvalue weighted by Gasteiger charge is 2.00. The van der Waals surface area contributed by atoms with Gasteiger partial charge in [0.15, 0.2) is 0 Å². The van der Waals surface area contributed by atoms with E-state index in [1.807, 2.05) is 31.1 Å². The molecular weight excluding hydrogens is 206 g/mol.